The summed E-state index contributed by atoms with van der Waals surface area (Å²) in [5, 5.41) is 0.585. The Kier molecular flexibility index (Phi) is 7.73. The molecule has 1 fully saturated rings. The number of aromatic nitrogens is 2. The molecule has 0 N–H and O–H groups in total. The van der Waals surface area contributed by atoms with Crippen LogP contribution in [-0.4, -0.2) is 26.9 Å². The average Bonchev–Trinajstić information content (AvgIpc) is 3.48. The summed E-state index contributed by atoms with van der Waals surface area (Å²) in [5.74, 6) is 0.875. The number of nitrogens with zero attached hydrogens (tertiary/aromatic N) is 3. The predicted octanol–water partition coefficient (Wildman–Crippen LogP) is 6.72. The van der Waals surface area contributed by atoms with Gasteiger partial charge in [-0.3, -0.25) is 14.2 Å². The summed E-state index contributed by atoms with van der Waals surface area (Å²) in [4.78, 5) is 35.2. The molecule has 0 bridgehead atoms. The Bertz CT molecular complexity index is 1490. The molecular weight excluding hydrogens is 470 g/mol. The summed E-state index contributed by atoms with van der Waals surface area (Å²) in [5.41, 5.74) is 4.85. The number of aryl methyl sites for hydroxylation is 2. The zero-order valence-electron chi connectivity index (χ0n) is 22.7. The molecule has 5 rings (SSSR count). The van der Waals surface area contributed by atoms with Crippen LogP contribution in [0, 0.1) is 19.8 Å². The van der Waals surface area contributed by atoms with Gasteiger partial charge in [0.2, 0.25) is 5.91 Å². The van der Waals surface area contributed by atoms with Crippen molar-refractivity contribution in [3.8, 4) is 5.69 Å². The number of amides is 1. The van der Waals surface area contributed by atoms with Crippen LogP contribution in [-0.2, 0) is 11.2 Å². The maximum atomic E-state index is 14.0. The van der Waals surface area contributed by atoms with Crippen LogP contribution in [0.15, 0.2) is 77.6 Å². The molecule has 0 aliphatic heterocycles. The molecule has 1 aliphatic rings. The van der Waals surface area contributed by atoms with Crippen molar-refractivity contribution in [2.24, 2.45) is 5.92 Å². The molecule has 0 radical (unpaired) electrons. The third-order valence-electron chi connectivity index (χ3n) is 8.08. The normalized spacial score (nSPS) is 14.6. The fourth-order valence-electron chi connectivity index (χ4n) is 5.75. The van der Waals surface area contributed by atoms with E-state index < -0.39 is 0 Å². The Morgan fingerprint density at radius 3 is 2.39 bits per heavy atom. The summed E-state index contributed by atoms with van der Waals surface area (Å²) in [6.07, 6.45) is 5.50. The number of carbonyl (C=O) groups excluding carboxylic acids is 1. The first kappa shape index (κ1) is 25.9. The zero-order valence-corrected chi connectivity index (χ0v) is 22.7. The van der Waals surface area contributed by atoms with Gasteiger partial charge >= 0.3 is 0 Å². The van der Waals surface area contributed by atoms with Crippen LogP contribution in [0.1, 0.15) is 67.6 Å². The minimum Gasteiger partial charge on any atom is -0.332 e. The van der Waals surface area contributed by atoms with Crippen molar-refractivity contribution in [1.82, 2.24) is 14.5 Å². The second-order valence-corrected chi connectivity index (χ2v) is 10.6. The topological polar surface area (TPSA) is 55.2 Å². The van der Waals surface area contributed by atoms with Crippen molar-refractivity contribution in [1.29, 1.82) is 0 Å². The van der Waals surface area contributed by atoms with Gasteiger partial charge in [-0.1, -0.05) is 68.3 Å². The minimum absolute atomic E-state index is 0.0436. The van der Waals surface area contributed by atoms with Gasteiger partial charge in [-0.25, -0.2) is 4.98 Å². The van der Waals surface area contributed by atoms with E-state index in [2.05, 4.69) is 39.0 Å². The molecule has 196 valence electrons. The number of carbonyl (C=O) groups is 1. The van der Waals surface area contributed by atoms with Gasteiger partial charge in [0.1, 0.15) is 5.82 Å². The van der Waals surface area contributed by atoms with Crippen LogP contribution in [0.5, 0.6) is 0 Å². The molecule has 1 atom stereocenters. The lowest BCUT2D eigenvalue weighted by Crippen LogP contribution is -2.42. The number of fused-ring (bicyclic) bond motifs is 1. The second kappa shape index (κ2) is 11.3. The van der Waals surface area contributed by atoms with E-state index >= 15 is 0 Å². The van der Waals surface area contributed by atoms with Crippen LogP contribution in [0.3, 0.4) is 0 Å². The minimum atomic E-state index is -0.314. The Labute approximate surface area is 225 Å². The van der Waals surface area contributed by atoms with E-state index in [1.54, 1.807) is 4.57 Å². The molecule has 1 saturated carbocycles. The summed E-state index contributed by atoms with van der Waals surface area (Å²) in [6.45, 7) is 6.81. The van der Waals surface area contributed by atoms with Crippen molar-refractivity contribution in [2.75, 3.05) is 6.54 Å². The Hall–Kier alpha value is -3.73. The third kappa shape index (κ3) is 5.15. The van der Waals surface area contributed by atoms with E-state index in [4.69, 9.17) is 4.98 Å². The lowest BCUT2D eigenvalue weighted by atomic mass is 10.0. The molecular formula is C33H37N3O2. The molecule has 38 heavy (non-hydrogen) atoms. The first-order valence-electron chi connectivity index (χ1n) is 13.9. The van der Waals surface area contributed by atoms with Crippen molar-refractivity contribution < 1.29 is 4.79 Å². The molecule has 0 spiro atoms. The van der Waals surface area contributed by atoms with Crippen LogP contribution >= 0.6 is 0 Å². The van der Waals surface area contributed by atoms with E-state index in [0.29, 0.717) is 29.7 Å². The molecule has 1 aromatic heterocycles. The van der Waals surface area contributed by atoms with E-state index in [9.17, 15) is 9.59 Å². The van der Waals surface area contributed by atoms with Crippen molar-refractivity contribution in [2.45, 2.75) is 65.3 Å². The van der Waals surface area contributed by atoms with Gasteiger partial charge in [0.05, 0.1) is 22.6 Å². The molecule has 1 amide bonds. The molecule has 1 aliphatic carbocycles. The number of hydrogen-bond acceptors (Lipinski definition) is 3. The van der Waals surface area contributed by atoms with Crippen LogP contribution < -0.4 is 5.56 Å². The van der Waals surface area contributed by atoms with Crippen molar-refractivity contribution in [3.05, 3.63) is 106 Å². The van der Waals surface area contributed by atoms with Gasteiger partial charge < -0.3 is 4.90 Å². The number of para-hydroxylation sites is 1. The third-order valence-corrected chi connectivity index (χ3v) is 8.08. The molecule has 5 nitrogen and oxygen atoms in total. The molecule has 1 heterocycles. The molecule has 0 saturated heterocycles. The van der Waals surface area contributed by atoms with Crippen LogP contribution in [0.25, 0.3) is 16.6 Å². The SMILES string of the molecule is CCC(c1nc2ccccc2c(=O)n1-c1ccc(C)c(C)c1)N(CCc1ccccc1)C(=O)C1CCCC1. The van der Waals surface area contributed by atoms with Gasteiger partial charge in [0.25, 0.3) is 5.56 Å². The van der Waals surface area contributed by atoms with Crippen LogP contribution in [0.2, 0.25) is 0 Å². The van der Waals surface area contributed by atoms with E-state index in [1.165, 1.54) is 11.1 Å². The van der Waals surface area contributed by atoms with E-state index in [0.717, 1.165) is 43.4 Å². The fraction of sp³-hybridized carbons (Fsp3) is 0.364. The van der Waals surface area contributed by atoms with Crippen LogP contribution in [0.4, 0.5) is 0 Å². The van der Waals surface area contributed by atoms with Gasteiger partial charge in [-0.05, 0) is 80.5 Å². The van der Waals surface area contributed by atoms with E-state index in [-0.39, 0.29) is 23.4 Å². The highest BCUT2D eigenvalue weighted by Gasteiger charge is 2.34. The Balaban J connectivity index is 1.66. The second-order valence-electron chi connectivity index (χ2n) is 10.6. The van der Waals surface area contributed by atoms with E-state index in [1.807, 2.05) is 59.5 Å². The molecule has 3 aromatic carbocycles. The first-order valence-corrected chi connectivity index (χ1v) is 13.9. The monoisotopic (exact) mass is 507 g/mol. The summed E-state index contributed by atoms with van der Waals surface area (Å²) in [7, 11) is 0. The lowest BCUT2D eigenvalue weighted by Gasteiger charge is -2.34. The lowest BCUT2D eigenvalue weighted by molar-refractivity contribution is -0.138. The highest BCUT2D eigenvalue weighted by Crippen LogP contribution is 2.32. The molecule has 4 aromatic rings. The quantitative estimate of drug-likeness (QED) is 0.266. The zero-order chi connectivity index (χ0) is 26.6. The largest absolute Gasteiger partial charge is 0.332 e. The molecule has 1 unspecified atom stereocenters. The molecule has 5 heteroatoms. The van der Waals surface area contributed by atoms with Gasteiger partial charge in [0.15, 0.2) is 0 Å². The van der Waals surface area contributed by atoms with Gasteiger partial charge in [-0.15, -0.1) is 0 Å². The average molecular weight is 508 g/mol. The van der Waals surface area contributed by atoms with Crippen molar-refractivity contribution >= 4 is 16.8 Å². The maximum absolute atomic E-state index is 14.0. The standard InChI is InChI=1S/C33H37N3O2/c1-4-30(35(32(37)26-14-8-9-15-26)21-20-25-12-6-5-7-13-25)31-34-29-17-11-10-16-28(29)33(38)36(31)27-19-18-23(2)24(3)22-27/h5-7,10-13,16-19,22,26,30H,4,8-9,14-15,20-21H2,1-3H3. The number of benzene rings is 3. The predicted molar refractivity (Wildman–Crippen MR) is 154 cm³/mol. The summed E-state index contributed by atoms with van der Waals surface area (Å²) < 4.78 is 1.75. The number of rotatable bonds is 8. The fourth-order valence-corrected chi connectivity index (χ4v) is 5.75. The van der Waals surface area contributed by atoms with Crippen molar-refractivity contribution in [3.63, 3.8) is 0 Å². The Morgan fingerprint density at radius 2 is 1.68 bits per heavy atom. The maximum Gasteiger partial charge on any atom is 0.266 e. The smallest absolute Gasteiger partial charge is 0.266 e. The first-order chi connectivity index (χ1) is 18.5. The highest BCUT2D eigenvalue weighted by atomic mass is 16.2. The number of hydrogen-bond donors (Lipinski definition) is 0. The van der Waals surface area contributed by atoms with Gasteiger partial charge in [-0.2, -0.15) is 0 Å². The Morgan fingerprint density at radius 1 is 0.974 bits per heavy atom. The van der Waals surface area contributed by atoms with Gasteiger partial charge in [0, 0.05) is 12.5 Å². The highest BCUT2D eigenvalue weighted by molar-refractivity contribution is 5.80. The summed E-state index contributed by atoms with van der Waals surface area (Å²) in [6, 6.07) is 23.6. The summed E-state index contributed by atoms with van der Waals surface area (Å²) >= 11 is 0.